The molecule has 19 heavy (non-hydrogen) atoms. The number of carboxylic acids is 1. The summed E-state index contributed by atoms with van der Waals surface area (Å²) in [6.45, 7) is 0. The van der Waals surface area contributed by atoms with Crippen molar-refractivity contribution in [3.63, 3.8) is 0 Å². The van der Waals surface area contributed by atoms with E-state index in [9.17, 15) is 18.0 Å². The second-order valence-electron chi connectivity index (χ2n) is 3.35. The molecule has 5 nitrogen and oxygen atoms in total. The molecule has 0 saturated heterocycles. The average Bonchev–Trinajstić information content (AvgIpc) is 2.28. The van der Waals surface area contributed by atoms with Crippen LogP contribution in [0.5, 0.6) is 11.6 Å². The topological polar surface area (TPSA) is 68.7 Å². The number of aliphatic carboxylic acids is 1. The highest BCUT2D eigenvalue weighted by atomic mass is 35.5. The predicted octanol–water partition coefficient (Wildman–Crippen LogP) is 2.35. The smallest absolute Gasteiger partial charge is 0.481 e. The van der Waals surface area contributed by atoms with Crippen LogP contribution in [0.15, 0.2) is 6.07 Å². The Balaban J connectivity index is 3.32. The molecule has 0 unspecified atom stereocenters. The normalized spacial score (nSPS) is 11.2. The number of carboxylic acid groups (broad SMARTS) is 1. The SMILES string of the molecule is COc1cc(CC(=O)O)c(OC(F)(F)F)c(CCl)n1. The summed E-state index contributed by atoms with van der Waals surface area (Å²) in [6, 6.07) is 1.06. The largest absolute Gasteiger partial charge is 0.573 e. The lowest BCUT2D eigenvalue weighted by atomic mass is 10.1. The van der Waals surface area contributed by atoms with Gasteiger partial charge in [0.2, 0.25) is 5.88 Å². The summed E-state index contributed by atoms with van der Waals surface area (Å²) >= 11 is 5.49. The molecule has 0 aliphatic heterocycles. The maximum atomic E-state index is 12.3. The zero-order valence-corrected chi connectivity index (χ0v) is 10.4. The first-order chi connectivity index (χ1) is 8.76. The molecule has 1 N–H and O–H groups in total. The maximum Gasteiger partial charge on any atom is 0.573 e. The molecular weight excluding hydrogens is 291 g/mol. The molecule has 1 aromatic heterocycles. The van der Waals surface area contributed by atoms with Gasteiger partial charge in [-0.05, 0) is 0 Å². The Morgan fingerprint density at radius 3 is 2.58 bits per heavy atom. The highest BCUT2D eigenvalue weighted by Crippen LogP contribution is 2.32. The van der Waals surface area contributed by atoms with E-state index in [1.807, 2.05) is 0 Å². The standard InChI is InChI=1S/C10H9ClF3NO4/c1-18-7-2-5(3-8(16)17)9(6(4-11)15-7)19-10(12,13)14/h2H,3-4H2,1H3,(H,16,17). The zero-order chi connectivity index (χ0) is 14.6. The molecule has 0 fully saturated rings. The number of pyridine rings is 1. The van der Waals surface area contributed by atoms with Crippen LogP contribution in [0.3, 0.4) is 0 Å². The fraction of sp³-hybridized carbons (Fsp3) is 0.400. The van der Waals surface area contributed by atoms with Gasteiger partial charge in [0, 0.05) is 11.6 Å². The fourth-order valence-corrected chi connectivity index (χ4v) is 1.53. The molecule has 1 aromatic rings. The van der Waals surface area contributed by atoms with Gasteiger partial charge in [0.1, 0.15) is 5.69 Å². The highest BCUT2D eigenvalue weighted by molar-refractivity contribution is 6.17. The van der Waals surface area contributed by atoms with Gasteiger partial charge in [-0.2, -0.15) is 0 Å². The Bertz CT molecular complexity index is 479. The highest BCUT2D eigenvalue weighted by Gasteiger charge is 2.34. The molecule has 0 spiro atoms. The fourth-order valence-electron chi connectivity index (χ4n) is 1.35. The summed E-state index contributed by atoms with van der Waals surface area (Å²) in [5, 5.41) is 8.69. The number of carbonyl (C=O) groups is 1. The molecule has 106 valence electrons. The van der Waals surface area contributed by atoms with Crippen molar-refractivity contribution < 1.29 is 32.5 Å². The Labute approximate surface area is 110 Å². The number of hydrogen-bond acceptors (Lipinski definition) is 4. The van der Waals surface area contributed by atoms with Crippen molar-refractivity contribution in [2.45, 2.75) is 18.7 Å². The van der Waals surface area contributed by atoms with E-state index in [1.54, 1.807) is 0 Å². The molecule has 1 rings (SSSR count). The number of nitrogens with zero attached hydrogens (tertiary/aromatic N) is 1. The van der Waals surface area contributed by atoms with Crippen LogP contribution in [0.1, 0.15) is 11.3 Å². The van der Waals surface area contributed by atoms with Crippen molar-refractivity contribution >= 4 is 17.6 Å². The lowest BCUT2D eigenvalue weighted by Crippen LogP contribution is -2.20. The van der Waals surface area contributed by atoms with Gasteiger partial charge in [0.25, 0.3) is 0 Å². The van der Waals surface area contributed by atoms with Gasteiger partial charge in [-0.1, -0.05) is 0 Å². The third-order valence-corrected chi connectivity index (χ3v) is 2.24. The van der Waals surface area contributed by atoms with E-state index >= 15 is 0 Å². The van der Waals surface area contributed by atoms with Crippen LogP contribution in [0, 0.1) is 0 Å². The number of halogens is 4. The molecule has 0 radical (unpaired) electrons. The summed E-state index contributed by atoms with van der Waals surface area (Å²) in [6.07, 6.45) is -5.64. The molecule has 0 atom stereocenters. The van der Waals surface area contributed by atoms with E-state index in [1.165, 1.54) is 7.11 Å². The summed E-state index contributed by atoms with van der Waals surface area (Å²) in [4.78, 5) is 14.3. The molecule has 0 amide bonds. The first-order valence-corrected chi connectivity index (χ1v) is 5.40. The van der Waals surface area contributed by atoms with Crippen molar-refractivity contribution in [1.29, 1.82) is 0 Å². The van der Waals surface area contributed by atoms with Crippen molar-refractivity contribution in [3.8, 4) is 11.6 Å². The minimum absolute atomic E-state index is 0.0403. The van der Waals surface area contributed by atoms with E-state index in [-0.39, 0.29) is 23.0 Å². The van der Waals surface area contributed by atoms with Crippen LogP contribution < -0.4 is 9.47 Å². The van der Waals surface area contributed by atoms with E-state index in [4.69, 9.17) is 21.4 Å². The summed E-state index contributed by atoms with van der Waals surface area (Å²) in [7, 11) is 1.25. The number of rotatable bonds is 5. The summed E-state index contributed by atoms with van der Waals surface area (Å²) in [5.41, 5.74) is -0.457. The van der Waals surface area contributed by atoms with Crippen LogP contribution in [-0.2, 0) is 17.1 Å². The zero-order valence-electron chi connectivity index (χ0n) is 9.62. The number of ether oxygens (including phenoxy) is 2. The Morgan fingerprint density at radius 1 is 1.53 bits per heavy atom. The summed E-state index contributed by atoms with van der Waals surface area (Å²) in [5.74, 6) is -2.44. The summed E-state index contributed by atoms with van der Waals surface area (Å²) < 4.78 is 45.4. The van der Waals surface area contributed by atoms with Gasteiger partial charge < -0.3 is 14.6 Å². The Hall–Kier alpha value is -1.70. The average molecular weight is 300 g/mol. The lowest BCUT2D eigenvalue weighted by molar-refractivity contribution is -0.275. The Kier molecular flexibility index (Phi) is 4.82. The first-order valence-electron chi connectivity index (χ1n) is 4.87. The molecule has 0 saturated carbocycles. The second kappa shape index (κ2) is 5.96. The van der Waals surface area contributed by atoms with Gasteiger partial charge in [-0.3, -0.25) is 4.79 Å². The lowest BCUT2D eigenvalue weighted by Gasteiger charge is -2.16. The van der Waals surface area contributed by atoms with Crippen molar-refractivity contribution in [2.24, 2.45) is 0 Å². The number of aromatic nitrogens is 1. The molecule has 0 aliphatic rings. The first kappa shape index (κ1) is 15.4. The second-order valence-corrected chi connectivity index (χ2v) is 3.62. The molecule has 0 bridgehead atoms. The third kappa shape index (κ3) is 4.47. The molecule has 0 aliphatic carbocycles. The van der Waals surface area contributed by atoms with E-state index in [2.05, 4.69) is 9.72 Å². The van der Waals surface area contributed by atoms with Crippen LogP contribution in [0.2, 0.25) is 0 Å². The van der Waals surface area contributed by atoms with Gasteiger partial charge in [-0.25, -0.2) is 4.98 Å². The molecular formula is C10H9ClF3NO4. The monoisotopic (exact) mass is 299 g/mol. The van der Waals surface area contributed by atoms with Gasteiger partial charge in [0.15, 0.2) is 5.75 Å². The minimum atomic E-state index is -4.97. The van der Waals surface area contributed by atoms with Gasteiger partial charge in [-0.15, -0.1) is 24.8 Å². The van der Waals surface area contributed by atoms with Crippen LogP contribution in [0.25, 0.3) is 0 Å². The number of methoxy groups -OCH3 is 1. The van der Waals surface area contributed by atoms with E-state index in [0.29, 0.717) is 0 Å². The molecule has 1 heterocycles. The third-order valence-electron chi connectivity index (χ3n) is 1.99. The maximum absolute atomic E-state index is 12.3. The van der Waals surface area contributed by atoms with Crippen LogP contribution >= 0.6 is 11.6 Å². The quantitative estimate of drug-likeness (QED) is 0.845. The van der Waals surface area contributed by atoms with Gasteiger partial charge >= 0.3 is 12.3 Å². The van der Waals surface area contributed by atoms with Crippen molar-refractivity contribution in [3.05, 3.63) is 17.3 Å². The van der Waals surface area contributed by atoms with E-state index in [0.717, 1.165) is 6.07 Å². The van der Waals surface area contributed by atoms with Crippen LogP contribution in [-0.4, -0.2) is 29.5 Å². The van der Waals surface area contributed by atoms with E-state index < -0.39 is 24.5 Å². The number of hydrogen-bond donors (Lipinski definition) is 1. The van der Waals surface area contributed by atoms with Crippen molar-refractivity contribution in [2.75, 3.05) is 7.11 Å². The molecule has 9 heteroatoms. The predicted molar refractivity (Wildman–Crippen MR) is 58.4 cm³/mol. The minimum Gasteiger partial charge on any atom is -0.481 e. The van der Waals surface area contributed by atoms with Crippen molar-refractivity contribution in [1.82, 2.24) is 4.98 Å². The molecule has 0 aromatic carbocycles. The number of alkyl halides is 4. The Morgan fingerprint density at radius 2 is 2.16 bits per heavy atom. The van der Waals surface area contributed by atoms with Crippen LogP contribution in [0.4, 0.5) is 13.2 Å². The van der Waals surface area contributed by atoms with Gasteiger partial charge in [0.05, 0.1) is 19.4 Å².